The van der Waals surface area contributed by atoms with Crippen molar-refractivity contribution in [3.8, 4) is 0 Å². The molecule has 1 unspecified atom stereocenters. The molecule has 25 heavy (non-hydrogen) atoms. The van der Waals surface area contributed by atoms with E-state index in [-0.39, 0.29) is 11.7 Å². The number of carbonyl (C=O) groups is 3. The number of likely N-dealkylation sites (tertiary alicyclic amines) is 1. The van der Waals surface area contributed by atoms with Crippen LogP contribution < -0.4 is 5.32 Å². The van der Waals surface area contributed by atoms with Crippen LogP contribution >= 0.6 is 11.8 Å². The lowest BCUT2D eigenvalue weighted by atomic mass is 10.2. The van der Waals surface area contributed by atoms with Gasteiger partial charge >= 0.3 is 11.9 Å². The minimum atomic E-state index is -1.04. The number of thioether (sulfide) groups is 1. The zero-order valence-corrected chi connectivity index (χ0v) is 14.7. The summed E-state index contributed by atoms with van der Waals surface area (Å²) >= 11 is 1.39. The Morgan fingerprint density at radius 2 is 1.96 bits per heavy atom. The van der Waals surface area contributed by atoms with Crippen molar-refractivity contribution in [2.24, 2.45) is 0 Å². The van der Waals surface area contributed by atoms with E-state index in [4.69, 9.17) is 0 Å². The molecular formula is C17H22N2O5S. The second-order valence-electron chi connectivity index (χ2n) is 5.93. The maximum absolute atomic E-state index is 12.5. The van der Waals surface area contributed by atoms with E-state index in [9.17, 15) is 24.6 Å². The quantitative estimate of drug-likeness (QED) is 0.595. The van der Waals surface area contributed by atoms with Crippen LogP contribution in [0.25, 0.3) is 0 Å². The molecule has 1 aromatic rings. The van der Waals surface area contributed by atoms with E-state index in [1.807, 2.05) is 30.3 Å². The highest BCUT2D eigenvalue weighted by Gasteiger charge is 2.36. The summed E-state index contributed by atoms with van der Waals surface area (Å²) in [5.74, 6) is -2.17. The molecule has 1 aliphatic heterocycles. The van der Waals surface area contributed by atoms with Gasteiger partial charge in [0, 0.05) is 17.2 Å². The Balaban J connectivity index is 1.95. The van der Waals surface area contributed by atoms with Gasteiger partial charge in [0.05, 0.1) is 6.04 Å². The summed E-state index contributed by atoms with van der Waals surface area (Å²) in [6.07, 6.45) is 1.07. The van der Waals surface area contributed by atoms with Gasteiger partial charge < -0.3 is 15.1 Å². The highest BCUT2D eigenvalue weighted by atomic mass is 32.2. The molecule has 3 atom stereocenters. The van der Waals surface area contributed by atoms with Crippen molar-refractivity contribution in [3.63, 3.8) is 0 Å². The number of amides is 1. The summed E-state index contributed by atoms with van der Waals surface area (Å²) in [7, 11) is 0. The van der Waals surface area contributed by atoms with Gasteiger partial charge in [-0.1, -0.05) is 18.2 Å². The average molecular weight is 366 g/mol. The molecule has 0 radical (unpaired) electrons. The molecular weight excluding hydrogens is 344 g/mol. The zero-order valence-electron chi connectivity index (χ0n) is 13.9. The second kappa shape index (κ2) is 8.87. The Labute approximate surface area is 150 Å². The molecule has 1 aliphatic rings. The fraction of sp³-hybridized carbons (Fsp3) is 0.471. The number of carboxylic acid groups (broad SMARTS) is 2. The van der Waals surface area contributed by atoms with Gasteiger partial charge in [0.1, 0.15) is 12.1 Å². The summed E-state index contributed by atoms with van der Waals surface area (Å²) in [5, 5.41) is 21.4. The molecule has 0 saturated carbocycles. The lowest BCUT2D eigenvalue weighted by Gasteiger charge is -2.27. The zero-order chi connectivity index (χ0) is 18.4. The summed E-state index contributed by atoms with van der Waals surface area (Å²) in [4.78, 5) is 37.5. The van der Waals surface area contributed by atoms with Crippen LogP contribution in [-0.4, -0.2) is 63.4 Å². The fourth-order valence-corrected chi connectivity index (χ4v) is 3.74. The Kier molecular flexibility index (Phi) is 6.83. The first kappa shape index (κ1) is 19.3. The molecule has 1 saturated heterocycles. The number of hydrogen-bond donors (Lipinski definition) is 3. The molecule has 0 bridgehead atoms. The van der Waals surface area contributed by atoms with Crippen LogP contribution in [0.15, 0.2) is 35.2 Å². The summed E-state index contributed by atoms with van der Waals surface area (Å²) in [5.41, 5.74) is 0. The van der Waals surface area contributed by atoms with Crippen LogP contribution in [-0.2, 0) is 14.4 Å². The van der Waals surface area contributed by atoms with E-state index >= 15 is 0 Å². The van der Waals surface area contributed by atoms with Gasteiger partial charge in [-0.25, -0.2) is 4.79 Å². The molecule has 1 heterocycles. The van der Waals surface area contributed by atoms with Gasteiger partial charge in [-0.15, -0.1) is 11.8 Å². The fourth-order valence-electron chi connectivity index (χ4n) is 2.80. The predicted octanol–water partition coefficient (Wildman–Crippen LogP) is 1.29. The number of benzene rings is 1. The summed E-state index contributed by atoms with van der Waals surface area (Å²) in [6.45, 7) is 1.96. The summed E-state index contributed by atoms with van der Waals surface area (Å²) in [6, 6.07) is 6.91. The molecule has 8 heteroatoms. The standard InChI is InChI=1S/C17H22N2O5S/c1-11(15(20)19-9-5-8-14(19)17(23)24)18-13(16(21)22)10-25-12-6-3-2-4-7-12/h2-4,6-7,11,13-14,18H,5,8-10H2,1H3,(H,21,22)(H,23,24)/t11-,13?,14-/m0/s1. The first-order chi connectivity index (χ1) is 11.9. The van der Waals surface area contributed by atoms with E-state index < -0.39 is 30.1 Å². The number of carboxylic acids is 2. The number of nitrogens with one attached hydrogen (secondary N) is 1. The molecule has 1 fully saturated rings. The van der Waals surface area contributed by atoms with E-state index in [1.165, 1.54) is 16.7 Å². The lowest BCUT2D eigenvalue weighted by Crippen LogP contribution is -2.53. The lowest BCUT2D eigenvalue weighted by molar-refractivity contribution is -0.149. The third-order valence-electron chi connectivity index (χ3n) is 4.10. The topological polar surface area (TPSA) is 107 Å². The molecule has 2 rings (SSSR count). The Morgan fingerprint density at radius 3 is 2.56 bits per heavy atom. The second-order valence-corrected chi connectivity index (χ2v) is 7.02. The van der Waals surface area contributed by atoms with Gasteiger partial charge in [-0.3, -0.25) is 14.9 Å². The van der Waals surface area contributed by atoms with E-state index in [0.29, 0.717) is 19.4 Å². The van der Waals surface area contributed by atoms with E-state index in [2.05, 4.69) is 5.32 Å². The monoisotopic (exact) mass is 366 g/mol. The first-order valence-electron chi connectivity index (χ1n) is 8.10. The molecule has 136 valence electrons. The van der Waals surface area contributed by atoms with Crippen molar-refractivity contribution in [3.05, 3.63) is 30.3 Å². The number of hydrogen-bond acceptors (Lipinski definition) is 5. The van der Waals surface area contributed by atoms with Gasteiger partial charge in [-0.05, 0) is 31.9 Å². The number of carbonyl (C=O) groups excluding carboxylic acids is 1. The Bertz CT molecular complexity index is 625. The van der Waals surface area contributed by atoms with Crippen molar-refractivity contribution < 1.29 is 24.6 Å². The van der Waals surface area contributed by atoms with Crippen molar-refractivity contribution >= 4 is 29.6 Å². The Morgan fingerprint density at radius 1 is 1.28 bits per heavy atom. The number of rotatable bonds is 8. The molecule has 7 nitrogen and oxygen atoms in total. The smallest absolute Gasteiger partial charge is 0.326 e. The largest absolute Gasteiger partial charge is 0.480 e. The van der Waals surface area contributed by atoms with E-state index in [0.717, 1.165) is 4.90 Å². The van der Waals surface area contributed by atoms with E-state index in [1.54, 1.807) is 6.92 Å². The number of aliphatic carboxylic acids is 2. The minimum absolute atomic E-state index is 0.263. The van der Waals surface area contributed by atoms with Gasteiger partial charge in [0.25, 0.3) is 0 Å². The van der Waals surface area contributed by atoms with Crippen molar-refractivity contribution in [2.75, 3.05) is 12.3 Å². The highest BCUT2D eigenvalue weighted by Crippen LogP contribution is 2.20. The van der Waals surface area contributed by atoms with Crippen LogP contribution in [0.1, 0.15) is 19.8 Å². The minimum Gasteiger partial charge on any atom is -0.480 e. The molecule has 1 amide bonds. The molecule has 1 aromatic carbocycles. The highest BCUT2D eigenvalue weighted by molar-refractivity contribution is 7.99. The van der Waals surface area contributed by atoms with Gasteiger partial charge in [-0.2, -0.15) is 0 Å². The van der Waals surface area contributed by atoms with Crippen LogP contribution in [0.4, 0.5) is 0 Å². The SMILES string of the molecule is C[C@H](NC(CSc1ccccc1)C(=O)O)C(=O)N1CCC[C@H]1C(=O)O. The van der Waals surface area contributed by atoms with Gasteiger partial charge in [0.15, 0.2) is 0 Å². The van der Waals surface area contributed by atoms with Crippen molar-refractivity contribution in [2.45, 2.75) is 42.8 Å². The third-order valence-corrected chi connectivity index (χ3v) is 5.21. The molecule has 0 aromatic heterocycles. The molecule has 3 N–H and O–H groups in total. The molecule has 0 spiro atoms. The third kappa shape index (κ3) is 5.20. The predicted molar refractivity (Wildman–Crippen MR) is 93.6 cm³/mol. The van der Waals surface area contributed by atoms with Crippen LogP contribution in [0.3, 0.4) is 0 Å². The van der Waals surface area contributed by atoms with Crippen LogP contribution in [0.2, 0.25) is 0 Å². The maximum Gasteiger partial charge on any atom is 0.326 e. The maximum atomic E-state index is 12.5. The number of nitrogens with zero attached hydrogens (tertiary/aromatic N) is 1. The average Bonchev–Trinajstić information content (AvgIpc) is 3.08. The van der Waals surface area contributed by atoms with Crippen molar-refractivity contribution in [1.82, 2.24) is 10.2 Å². The normalized spacial score (nSPS) is 19.4. The summed E-state index contributed by atoms with van der Waals surface area (Å²) < 4.78 is 0. The first-order valence-corrected chi connectivity index (χ1v) is 9.08. The van der Waals surface area contributed by atoms with Crippen molar-refractivity contribution in [1.29, 1.82) is 0 Å². The van der Waals surface area contributed by atoms with Crippen LogP contribution in [0.5, 0.6) is 0 Å². The molecule has 0 aliphatic carbocycles. The Hall–Kier alpha value is -2.06. The van der Waals surface area contributed by atoms with Gasteiger partial charge in [0.2, 0.25) is 5.91 Å². The van der Waals surface area contributed by atoms with Crippen LogP contribution in [0, 0.1) is 0 Å².